The van der Waals surface area contributed by atoms with Crippen molar-refractivity contribution in [3.8, 4) is 17.2 Å². The minimum absolute atomic E-state index is 0.142. The fraction of sp³-hybridized carbons (Fsp3) is 0.167. The molecule has 0 atom stereocenters. The van der Waals surface area contributed by atoms with E-state index < -0.39 is 0 Å². The molecule has 0 aliphatic heterocycles. The van der Waals surface area contributed by atoms with E-state index in [1.165, 1.54) is 0 Å². The van der Waals surface area contributed by atoms with Gasteiger partial charge < -0.3 is 9.88 Å². The van der Waals surface area contributed by atoms with Crippen molar-refractivity contribution in [2.24, 2.45) is 7.05 Å². The first-order chi connectivity index (χ1) is 11.1. The van der Waals surface area contributed by atoms with Gasteiger partial charge in [0.25, 0.3) is 5.91 Å². The third kappa shape index (κ3) is 2.25. The van der Waals surface area contributed by atoms with Gasteiger partial charge in [-0.05, 0) is 30.7 Å². The second kappa shape index (κ2) is 5.58. The number of hydrogen-bond acceptors (Lipinski definition) is 3. The van der Waals surface area contributed by atoms with Crippen LogP contribution < -0.4 is 5.32 Å². The molecule has 0 radical (unpaired) electrons. The van der Waals surface area contributed by atoms with Gasteiger partial charge in [0.15, 0.2) is 0 Å². The Kier molecular flexibility index (Phi) is 3.59. The van der Waals surface area contributed by atoms with Crippen LogP contribution in [0, 0.1) is 18.3 Å². The first-order valence-corrected chi connectivity index (χ1v) is 7.24. The van der Waals surface area contributed by atoms with E-state index in [4.69, 9.17) is 0 Å². The van der Waals surface area contributed by atoms with Crippen molar-refractivity contribution < 1.29 is 4.79 Å². The lowest BCUT2D eigenvalue weighted by Gasteiger charge is -2.08. The summed E-state index contributed by atoms with van der Waals surface area (Å²) in [5.74, 6) is -0.142. The summed E-state index contributed by atoms with van der Waals surface area (Å²) >= 11 is 0. The van der Waals surface area contributed by atoms with Gasteiger partial charge in [0.1, 0.15) is 5.69 Å². The maximum absolute atomic E-state index is 12.2. The van der Waals surface area contributed by atoms with E-state index in [0.717, 1.165) is 27.6 Å². The molecule has 1 aromatic carbocycles. The summed E-state index contributed by atoms with van der Waals surface area (Å²) in [6, 6.07) is 9.67. The number of pyridine rings is 1. The summed E-state index contributed by atoms with van der Waals surface area (Å²) in [4.78, 5) is 16.4. The zero-order valence-electron chi connectivity index (χ0n) is 13.2. The number of nitriles is 1. The number of carbonyl (C=O) groups is 1. The van der Waals surface area contributed by atoms with Crippen molar-refractivity contribution in [3.63, 3.8) is 0 Å². The Morgan fingerprint density at radius 3 is 2.78 bits per heavy atom. The van der Waals surface area contributed by atoms with E-state index in [1.807, 2.05) is 42.8 Å². The SMILES string of the molecule is CNC(=O)c1c(C)c2cc(C#N)cc(-c3cccnc3)c2n1C. The van der Waals surface area contributed by atoms with Crippen LogP contribution in [-0.2, 0) is 7.05 Å². The van der Waals surface area contributed by atoms with Crippen LogP contribution in [-0.4, -0.2) is 22.5 Å². The minimum Gasteiger partial charge on any atom is -0.354 e. The predicted molar refractivity (Wildman–Crippen MR) is 89.0 cm³/mol. The van der Waals surface area contributed by atoms with Gasteiger partial charge in [-0.15, -0.1) is 0 Å². The van der Waals surface area contributed by atoms with Crippen LogP contribution in [0.4, 0.5) is 0 Å². The average Bonchev–Trinajstić information content (AvgIpc) is 2.85. The van der Waals surface area contributed by atoms with E-state index in [0.29, 0.717) is 11.3 Å². The van der Waals surface area contributed by atoms with Gasteiger partial charge in [0.2, 0.25) is 0 Å². The summed E-state index contributed by atoms with van der Waals surface area (Å²) < 4.78 is 1.88. The molecule has 3 aromatic rings. The number of nitrogens with zero attached hydrogens (tertiary/aromatic N) is 3. The van der Waals surface area contributed by atoms with Gasteiger partial charge in [-0.1, -0.05) is 6.07 Å². The lowest BCUT2D eigenvalue weighted by Crippen LogP contribution is -2.21. The standard InChI is InChI=1S/C18H16N4O/c1-11-14-7-12(9-19)8-15(13-5-4-6-21-10-13)17(14)22(3)16(11)18(23)20-2/h4-8,10H,1-3H3,(H,20,23). The van der Waals surface area contributed by atoms with Crippen LogP contribution in [0.3, 0.4) is 0 Å². The summed E-state index contributed by atoms with van der Waals surface area (Å²) in [5.41, 5.74) is 4.76. The van der Waals surface area contributed by atoms with Crippen molar-refractivity contribution in [3.05, 3.63) is 53.5 Å². The Labute approximate surface area is 134 Å². The Bertz CT molecular complexity index is 949. The monoisotopic (exact) mass is 304 g/mol. The van der Waals surface area contributed by atoms with Crippen LogP contribution in [0.25, 0.3) is 22.0 Å². The first-order valence-electron chi connectivity index (χ1n) is 7.24. The normalized spacial score (nSPS) is 10.5. The topological polar surface area (TPSA) is 70.7 Å². The molecule has 0 bridgehead atoms. The molecule has 1 N–H and O–H groups in total. The number of rotatable bonds is 2. The fourth-order valence-electron chi connectivity index (χ4n) is 3.02. The highest BCUT2D eigenvalue weighted by atomic mass is 16.1. The summed E-state index contributed by atoms with van der Waals surface area (Å²) in [7, 11) is 3.48. The zero-order valence-corrected chi connectivity index (χ0v) is 13.2. The highest BCUT2D eigenvalue weighted by Crippen LogP contribution is 2.34. The quantitative estimate of drug-likeness (QED) is 0.791. The number of fused-ring (bicyclic) bond motifs is 1. The Balaban J connectivity index is 2.45. The molecule has 0 aliphatic carbocycles. The van der Waals surface area contributed by atoms with E-state index in [1.54, 1.807) is 19.4 Å². The number of aryl methyl sites for hydroxylation is 2. The zero-order chi connectivity index (χ0) is 16.6. The van der Waals surface area contributed by atoms with Gasteiger partial charge in [0.05, 0.1) is 17.1 Å². The van der Waals surface area contributed by atoms with Crippen molar-refractivity contribution >= 4 is 16.8 Å². The number of aromatic nitrogens is 2. The highest BCUT2D eigenvalue weighted by molar-refractivity contribution is 6.06. The van der Waals surface area contributed by atoms with Gasteiger partial charge in [-0.2, -0.15) is 5.26 Å². The molecule has 1 amide bonds. The molecule has 0 unspecified atom stereocenters. The van der Waals surface area contributed by atoms with E-state index >= 15 is 0 Å². The second-order valence-corrected chi connectivity index (χ2v) is 5.39. The maximum atomic E-state index is 12.2. The Morgan fingerprint density at radius 1 is 1.39 bits per heavy atom. The van der Waals surface area contributed by atoms with Crippen molar-refractivity contribution in [2.75, 3.05) is 7.05 Å². The van der Waals surface area contributed by atoms with Gasteiger partial charge in [-0.3, -0.25) is 9.78 Å². The molecule has 0 spiro atoms. The molecule has 23 heavy (non-hydrogen) atoms. The van der Waals surface area contributed by atoms with Crippen molar-refractivity contribution in [1.29, 1.82) is 5.26 Å². The van der Waals surface area contributed by atoms with E-state index in [-0.39, 0.29) is 5.91 Å². The number of nitrogens with one attached hydrogen (secondary N) is 1. The third-order valence-corrected chi connectivity index (χ3v) is 4.08. The average molecular weight is 304 g/mol. The molecule has 2 aromatic heterocycles. The van der Waals surface area contributed by atoms with Crippen LogP contribution in [0.5, 0.6) is 0 Å². The summed E-state index contributed by atoms with van der Waals surface area (Å²) in [6.45, 7) is 1.90. The molecule has 3 rings (SSSR count). The molecule has 0 aliphatic rings. The largest absolute Gasteiger partial charge is 0.354 e. The summed E-state index contributed by atoms with van der Waals surface area (Å²) in [6.07, 6.45) is 3.47. The van der Waals surface area contributed by atoms with E-state index in [2.05, 4.69) is 16.4 Å². The molecular formula is C18H16N4O. The van der Waals surface area contributed by atoms with Crippen molar-refractivity contribution in [2.45, 2.75) is 6.92 Å². The van der Waals surface area contributed by atoms with Gasteiger partial charge >= 0.3 is 0 Å². The molecule has 0 saturated carbocycles. The van der Waals surface area contributed by atoms with E-state index in [9.17, 15) is 10.1 Å². The maximum Gasteiger partial charge on any atom is 0.267 e. The third-order valence-electron chi connectivity index (χ3n) is 4.08. The fourth-order valence-corrected chi connectivity index (χ4v) is 3.02. The lowest BCUT2D eigenvalue weighted by molar-refractivity contribution is 0.0955. The number of carbonyl (C=O) groups excluding carboxylic acids is 1. The summed E-state index contributed by atoms with van der Waals surface area (Å²) in [5, 5.41) is 12.9. The Hall–Kier alpha value is -3.13. The molecule has 114 valence electrons. The highest BCUT2D eigenvalue weighted by Gasteiger charge is 2.20. The van der Waals surface area contributed by atoms with Gasteiger partial charge in [0, 0.05) is 43.0 Å². The molecule has 5 nitrogen and oxygen atoms in total. The number of benzene rings is 1. The number of hydrogen-bond donors (Lipinski definition) is 1. The van der Waals surface area contributed by atoms with Crippen LogP contribution in [0.2, 0.25) is 0 Å². The van der Waals surface area contributed by atoms with Crippen molar-refractivity contribution in [1.82, 2.24) is 14.9 Å². The smallest absolute Gasteiger partial charge is 0.267 e. The van der Waals surface area contributed by atoms with Crippen LogP contribution in [0.1, 0.15) is 21.6 Å². The predicted octanol–water partition coefficient (Wildman–Crippen LogP) is 2.78. The van der Waals surface area contributed by atoms with Gasteiger partial charge in [-0.25, -0.2) is 0 Å². The number of amides is 1. The lowest BCUT2D eigenvalue weighted by atomic mass is 10.00. The van der Waals surface area contributed by atoms with Crippen LogP contribution in [0.15, 0.2) is 36.7 Å². The minimum atomic E-state index is -0.142. The molecular weight excluding hydrogens is 288 g/mol. The molecule has 2 heterocycles. The molecule has 5 heteroatoms. The first kappa shape index (κ1) is 14.8. The second-order valence-electron chi connectivity index (χ2n) is 5.39. The molecule has 0 saturated heterocycles. The molecule has 0 fully saturated rings. The van der Waals surface area contributed by atoms with Crippen LogP contribution >= 0.6 is 0 Å². The Morgan fingerprint density at radius 2 is 2.17 bits per heavy atom.